The van der Waals surface area contributed by atoms with E-state index < -0.39 is 0 Å². The summed E-state index contributed by atoms with van der Waals surface area (Å²) in [4.78, 5) is 23.1. The van der Waals surface area contributed by atoms with Crippen molar-refractivity contribution in [3.8, 4) is 0 Å². The minimum atomic E-state index is -0.265. The largest absolute Gasteiger partial charge is 0.392 e. The molecule has 0 spiro atoms. The van der Waals surface area contributed by atoms with E-state index in [-0.39, 0.29) is 18.4 Å². The number of hydrogen-bond acceptors (Lipinski definition) is 3. The van der Waals surface area contributed by atoms with Crippen molar-refractivity contribution in [3.05, 3.63) is 59.7 Å². The number of carbonyl (C=O) groups is 2. The predicted molar refractivity (Wildman–Crippen MR) is 81.1 cm³/mol. The lowest BCUT2D eigenvalue weighted by Gasteiger charge is -2.08. The van der Waals surface area contributed by atoms with Crippen molar-refractivity contribution in [2.24, 2.45) is 0 Å². The van der Waals surface area contributed by atoms with Crippen LogP contribution in [0.2, 0.25) is 0 Å². The third-order valence-electron chi connectivity index (χ3n) is 2.84. The topological polar surface area (TPSA) is 78.4 Å². The van der Waals surface area contributed by atoms with Crippen molar-refractivity contribution in [1.82, 2.24) is 0 Å². The van der Waals surface area contributed by atoms with Gasteiger partial charge in [-0.3, -0.25) is 9.59 Å². The van der Waals surface area contributed by atoms with E-state index in [0.29, 0.717) is 16.9 Å². The molecule has 0 heterocycles. The Hall–Kier alpha value is -2.66. The number of rotatable bonds is 4. The number of aliphatic hydroxyl groups excluding tert-OH is 1. The van der Waals surface area contributed by atoms with Crippen molar-refractivity contribution in [3.63, 3.8) is 0 Å². The van der Waals surface area contributed by atoms with Gasteiger partial charge in [-0.1, -0.05) is 18.2 Å². The number of nitrogens with one attached hydrogen (secondary N) is 2. The number of benzene rings is 2. The SMILES string of the molecule is CC(=O)Nc1cccc(C(=O)Nc2ccc(CO)cc2)c1. The van der Waals surface area contributed by atoms with E-state index in [4.69, 9.17) is 5.11 Å². The second-order valence-corrected chi connectivity index (χ2v) is 4.57. The highest BCUT2D eigenvalue weighted by atomic mass is 16.3. The van der Waals surface area contributed by atoms with Crippen LogP contribution in [0.5, 0.6) is 0 Å². The molecule has 108 valence electrons. The molecule has 0 atom stereocenters. The standard InChI is InChI=1S/C16H16N2O3/c1-11(20)17-15-4-2-3-13(9-15)16(21)18-14-7-5-12(10-19)6-8-14/h2-9,19H,10H2,1H3,(H,17,20)(H,18,21). The Balaban J connectivity index is 2.10. The number of amides is 2. The number of anilines is 2. The lowest BCUT2D eigenvalue weighted by Crippen LogP contribution is -2.13. The average molecular weight is 284 g/mol. The van der Waals surface area contributed by atoms with Gasteiger partial charge in [0.1, 0.15) is 0 Å². The van der Waals surface area contributed by atoms with Crippen molar-refractivity contribution in [1.29, 1.82) is 0 Å². The molecule has 3 N–H and O–H groups in total. The summed E-state index contributed by atoms with van der Waals surface area (Å²) in [5, 5.41) is 14.4. The molecule has 0 bridgehead atoms. The van der Waals surface area contributed by atoms with Crippen LogP contribution in [0.25, 0.3) is 0 Å². The molecular weight excluding hydrogens is 268 g/mol. The van der Waals surface area contributed by atoms with E-state index in [0.717, 1.165) is 5.56 Å². The van der Waals surface area contributed by atoms with Crippen LogP contribution < -0.4 is 10.6 Å². The van der Waals surface area contributed by atoms with E-state index >= 15 is 0 Å². The Morgan fingerprint density at radius 3 is 2.33 bits per heavy atom. The summed E-state index contributed by atoms with van der Waals surface area (Å²) in [6, 6.07) is 13.6. The van der Waals surface area contributed by atoms with Crippen LogP contribution in [-0.4, -0.2) is 16.9 Å². The molecule has 5 nitrogen and oxygen atoms in total. The Morgan fingerprint density at radius 2 is 1.71 bits per heavy atom. The van der Waals surface area contributed by atoms with Crippen LogP contribution in [0.4, 0.5) is 11.4 Å². The highest BCUT2D eigenvalue weighted by Gasteiger charge is 2.07. The molecule has 2 aromatic rings. The van der Waals surface area contributed by atoms with Gasteiger partial charge in [0.2, 0.25) is 5.91 Å². The lowest BCUT2D eigenvalue weighted by molar-refractivity contribution is -0.114. The van der Waals surface area contributed by atoms with E-state index in [1.54, 1.807) is 48.5 Å². The quantitative estimate of drug-likeness (QED) is 0.806. The fraction of sp³-hybridized carbons (Fsp3) is 0.125. The van der Waals surface area contributed by atoms with Gasteiger partial charge >= 0.3 is 0 Å². The summed E-state index contributed by atoms with van der Waals surface area (Å²) in [6.45, 7) is 1.38. The maximum atomic E-state index is 12.1. The molecule has 0 saturated carbocycles. The lowest BCUT2D eigenvalue weighted by atomic mass is 10.1. The molecule has 0 aliphatic carbocycles. The second kappa shape index (κ2) is 6.67. The molecule has 0 radical (unpaired) electrons. The number of aliphatic hydroxyl groups is 1. The van der Waals surface area contributed by atoms with Gasteiger partial charge < -0.3 is 15.7 Å². The molecule has 2 rings (SSSR count). The van der Waals surface area contributed by atoms with E-state index in [2.05, 4.69) is 10.6 Å². The first kappa shape index (κ1) is 14.7. The van der Waals surface area contributed by atoms with Gasteiger partial charge in [0.25, 0.3) is 5.91 Å². The molecule has 0 aliphatic heterocycles. The van der Waals surface area contributed by atoms with Gasteiger partial charge in [-0.25, -0.2) is 0 Å². The molecule has 0 saturated heterocycles. The van der Waals surface area contributed by atoms with Crippen LogP contribution in [0.1, 0.15) is 22.8 Å². The smallest absolute Gasteiger partial charge is 0.255 e. The number of hydrogen-bond donors (Lipinski definition) is 3. The van der Waals surface area contributed by atoms with Gasteiger partial charge in [-0.2, -0.15) is 0 Å². The average Bonchev–Trinajstić information content (AvgIpc) is 2.47. The van der Waals surface area contributed by atoms with Gasteiger partial charge in [0.15, 0.2) is 0 Å². The summed E-state index contributed by atoms with van der Waals surface area (Å²) in [6.07, 6.45) is 0. The molecule has 5 heteroatoms. The van der Waals surface area contributed by atoms with Crippen LogP contribution in [0.3, 0.4) is 0 Å². The molecule has 2 aromatic carbocycles. The second-order valence-electron chi connectivity index (χ2n) is 4.57. The normalized spacial score (nSPS) is 10.0. The van der Waals surface area contributed by atoms with Crippen LogP contribution in [0, 0.1) is 0 Å². The summed E-state index contributed by atoms with van der Waals surface area (Å²) < 4.78 is 0. The molecule has 0 aromatic heterocycles. The van der Waals surface area contributed by atoms with Gasteiger partial charge in [-0.05, 0) is 35.9 Å². The molecule has 0 fully saturated rings. The minimum Gasteiger partial charge on any atom is -0.392 e. The minimum absolute atomic E-state index is 0.0347. The number of carbonyl (C=O) groups excluding carboxylic acids is 2. The summed E-state index contributed by atoms with van der Waals surface area (Å²) in [5.41, 5.74) is 2.45. The molecule has 0 unspecified atom stereocenters. The van der Waals surface area contributed by atoms with Gasteiger partial charge in [0, 0.05) is 23.9 Å². The zero-order chi connectivity index (χ0) is 15.2. The van der Waals surface area contributed by atoms with Crippen molar-refractivity contribution < 1.29 is 14.7 Å². The zero-order valence-electron chi connectivity index (χ0n) is 11.6. The Kier molecular flexibility index (Phi) is 4.68. The maximum Gasteiger partial charge on any atom is 0.255 e. The first-order valence-corrected chi connectivity index (χ1v) is 6.47. The Labute approximate surface area is 122 Å². The third kappa shape index (κ3) is 4.15. The van der Waals surface area contributed by atoms with Gasteiger partial charge in [-0.15, -0.1) is 0 Å². The van der Waals surface area contributed by atoms with E-state index in [9.17, 15) is 9.59 Å². The van der Waals surface area contributed by atoms with E-state index in [1.165, 1.54) is 6.92 Å². The monoisotopic (exact) mass is 284 g/mol. The Bertz CT molecular complexity index is 651. The zero-order valence-corrected chi connectivity index (χ0v) is 11.6. The fourth-order valence-electron chi connectivity index (χ4n) is 1.84. The fourth-order valence-corrected chi connectivity index (χ4v) is 1.84. The highest BCUT2D eigenvalue weighted by Crippen LogP contribution is 2.14. The predicted octanol–water partition coefficient (Wildman–Crippen LogP) is 2.39. The van der Waals surface area contributed by atoms with Crippen molar-refractivity contribution in [2.45, 2.75) is 13.5 Å². The molecule has 0 aliphatic rings. The van der Waals surface area contributed by atoms with E-state index in [1.807, 2.05) is 0 Å². The first-order chi connectivity index (χ1) is 10.1. The highest BCUT2D eigenvalue weighted by molar-refractivity contribution is 6.05. The van der Waals surface area contributed by atoms with Crippen LogP contribution in [0.15, 0.2) is 48.5 Å². The summed E-state index contributed by atoms with van der Waals surface area (Å²) in [5.74, 6) is -0.453. The van der Waals surface area contributed by atoms with Gasteiger partial charge in [0.05, 0.1) is 6.61 Å². The molecular formula is C16H16N2O3. The molecule has 21 heavy (non-hydrogen) atoms. The van der Waals surface area contributed by atoms with Crippen molar-refractivity contribution in [2.75, 3.05) is 10.6 Å². The van der Waals surface area contributed by atoms with Crippen molar-refractivity contribution >= 4 is 23.2 Å². The first-order valence-electron chi connectivity index (χ1n) is 6.47. The van der Waals surface area contributed by atoms with Crippen LogP contribution in [-0.2, 0) is 11.4 Å². The Morgan fingerprint density at radius 1 is 1.00 bits per heavy atom. The summed E-state index contributed by atoms with van der Waals surface area (Å²) >= 11 is 0. The molecule has 2 amide bonds. The summed E-state index contributed by atoms with van der Waals surface area (Å²) in [7, 11) is 0. The van der Waals surface area contributed by atoms with Crippen LogP contribution >= 0.6 is 0 Å². The maximum absolute atomic E-state index is 12.1. The third-order valence-corrected chi connectivity index (χ3v) is 2.84.